The van der Waals surface area contributed by atoms with Crippen molar-refractivity contribution < 1.29 is 14.3 Å². The molecule has 0 saturated heterocycles. The smallest absolute Gasteiger partial charge is 0.168 e. The normalized spacial score (nSPS) is 23.5. The molecule has 0 bridgehead atoms. The molecule has 2 unspecified atom stereocenters. The topological polar surface area (TPSA) is 61.6 Å². The number of carbonyl (C=O) groups is 1. The second kappa shape index (κ2) is 4.53. The van der Waals surface area contributed by atoms with Crippen LogP contribution in [0.15, 0.2) is 6.07 Å². The van der Waals surface area contributed by atoms with Gasteiger partial charge in [0, 0.05) is 30.4 Å². The first-order chi connectivity index (χ1) is 9.10. The Bertz CT molecular complexity index is 502. The van der Waals surface area contributed by atoms with E-state index in [0.717, 1.165) is 35.5 Å². The van der Waals surface area contributed by atoms with Crippen molar-refractivity contribution >= 4 is 5.78 Å². The lowest BCUT2D eigenvalue weighted by Crippen LogP contribution is -2.13. The molecule has 0 saturated carbocycles. The van der Waals surface area contributed by atoms with Gasteiger partial charge in [0.25, 0.3) is 0 Å². The predicted molar refractivity (Wildman–Crippen MR) is 72.0 cm³/mol. The Balaban J connectivity index is 2.13. The fourth-order valence-electron chi connectivity index (χ4n) is 2.98. The summed E-state index contributed by atoms with van der Waals surface area (Å²) < 4.78 is 11.6. The molecular weight excluding hydrogens is 242 g/mol. The summed E-state index contributed by atoms with van der Waals surface area (Å²) in [6, 6.07) is 2.04. The third-order valence-corrected chi connectivity index (χ3v) is 3.72. The zero-order valence-corrected chi connectivity index (χ0v) is 11.4. The Morgan fingerprint density at radius 3 is 2.79 bits per heavy atom. The van der Waals surface area contributed by atoms with Gasteiger partial charge in [-0.1, -0.05) is 0 Å². The van der Waals surface area contributed by atoms with Crippen LogP contribution in [0.4, 0.5) is 0 Å². The second-order valence-electron chi connectivity index (χ2n) is 5.44. The zero-order valence-electron chi connectivity index (χ0n) is 11.4. The Morgan fingerprint density at radius 2 is 2.05 bits per heavy atom. The van der Waals surface area contributed by atoms with Crippen molar-refractivity contribution in [1.82, 2.24) is 0 Å². The summed E-state index contributed by atoms with van der Waals surface area (Å²) in [6.07, 6.45) is 2.21. The van der Waals surface area contributed by atoms with Crippen molar-refractivity contribution in [3.05, 3.63) is 22.8 Å². The van der Waals surface area contributed by atoms with E-state index in [0.29, 0.717) is 18.5 Å². The van der Waals surface area contributed by atoms with Crippen LogP contribution in [0.5, 0.6) is 11.5 Å². The van der Waals surface area contributed by atoms with Gasteiger partial charge in [-0.3, -0.25) is 4.79 Å². The van der Waals surface area contributed by atoms with Crippen molar-refractivity contribution in [2.75, 3.05) is 6.54 Å². The molecule has 2 aliphatic heterocycles. The molecule has 4 nitrogen and oxygen atoms in total. The van der Waals surface area contributed by atoms with Gasteiger partial charge in [0.15, 0.2) is 5.78 Å². The minimum atomic E-state index is 0.0717. The molecule has 0 radical (unpaired) electrons. The van der Waals surface area contributed by atoms with Crippen LogP contribution in [0.3, 0.4) is 0 Å². The second-order valence-corrected chi connectivity index (χ2v) is 5.44. The van der Waals surface area contributed by atoms with Gasteiger partial charge in [0.2, 0.25) is 0 Å². The summed E-state index contributed by atoms with van der Waals surface area (Å²) in [5.41, 5.74) is 8.32. The van der Waals surface area contributed by atoms with Gasteiger partial charge in [-0.25, -0.2) is 0 Å². The van der Waals surface area contributed by atoms with Crippen LogP contribution < -0.4 is 15.2 Å². The van der Waals surface area contributed by atoms with E-state index >= 15 is 0 Å². The number of rotatable bonds is 3. The van der Waals surface area contributed by atoms with Gasteiger partial charge in [0.1, 0.15) is 23.7 Å². The van der Waals surface area contributed by atoms with Gasteiger partial charge in [-0.15, -0.1) is 0 Å². The highest BCUT2D eigenvalue weighted by atomic mass is 16.5. The van der Waals surface area contributed by atoms with Crippen molar-refractivity contribution in [1.29, 1.82) is 0 Å². The molecule has 2 atom stereocenters. The molecule has 102 valence electrons. The molecule has 19 heavy (non-hydrogen) atoms. The van der Waals surface area contributed by atoms with E-state index in [1.165, 1.54) is 0 Å². The van der Waals surface area contributed by atoms with Crippen molar-refractivity contribution in [3.8, 4) is 11.5 Å². The Kier molecular flexibility index (Phi) is 2.97. The predicted octanol–water partition coefficient (Wildman–Crippen LogP) is 1.86. The zero-order chi connectivity index (χ0) is 13.6. The molecule has 0 aromatic heterocycles. The van der Waals surface area contributed by atoms with E-state index in [2.05, 4.69) is 0 Å². The maximum Gasteiger partial charge on any atom is 0.168 e. The minimum absolute atomic E-state index is 0.0717. The highest BCUT2D eigenvalue weighted by Crippen LogP contribution is 2.43. The molecule has 2 N–H and O–H groups in total. The number of ether oxygens (including phenoxy) is 2. The number of fused-ring (bicyclic) bond motifs is 2. The fourth-order valence-corrected chi connectivity index (χ4v) is 2.98. The van der Waals surface area contributed by atoms with Crippen LogP contribution >= 0.6 is 0 Å². The van der Waals surface area contributed by atoms with Gasteiger partial charge < -0.3 is 15.2 Å². The summed E-state index contributed by atoms with van der Waals surface area (Å²) >= 11 is 0. The Labute approximate surface area is 112 Å². The number of Topliss-reactive ketones (excluding diaryl/α,β-unsaturated/α-hetero) is 1. The van der Waals surface area contributed by atoms with E-state index in [1.54, 1.807) is 0 Å². The van der Waals surface area contributed by atoms with E-state index < -0.39 is 0 Å². The first-order valence-electron chi connectivity index (χ1n) is 6.85. The number of benzene rings is 1. The molecule has 0 spiro atoms. The van der Waals surface area contributed by atoms with E-state index in [4.69, 9.17) is 15.2 Å². The van der Waals surface area contributed by atoms with E-state index in [-0.39, 0.29) is 18.0 Å². The number of hydrogen-bond acceptors (Lipinski definition) is 4. The maximum absolute atomic E-state index is 12.4. The SMILES string of the molecule is CC1Cc2c(cc3c(c2C(=O)CCN)OC(C)C3)O1. The van der Waals surface area contributed by atoms with Gasteiger partial charge >= 0.3 is 0 Å². The van der Waals surface area contributed by atoms with Crippen molar-refractivity contribution in [2.24, 2.45) is 5.73 Å². The number of nitrogens with two attached hydrogens (primary N) is 1. The molecule has 4 heteroatoms. The van der Waals surface area contributed by atoms with Crippen LogP contribution in [0.25, 0.3) is 0 Å². The molecule has 2 heterocycles. The first-order valence-corrected chi connectivity index (χ1v) is 6.85. The molecule has 1 aromatic rings. The standard InChI is InChI=1S/C15H19NO3/c1-8-5-10-7-13-11(6-9(2)18-13)14(15(10)19-8)12(17)3-4-16/h7-9H,3-6,16H2,1-2H3. The molecule has 0 amide bonds. The quantitative estimate of drug-likeness (QED) is 0.844. The maximum atomic E-state index is 12.4. The summed E-state index contributed by atoms with van der Waals surface area (Å²) in [6.45, 7) is 4.40. The highest BCUT2D eigenvalue weighted by molar-refractivity contribution is 6.01. The lowest BCUT2D eigenvalue weighted by atomic mass is 9.94. The van der Waals surface area contributed by atoms with Crippen LogP contribution in [-0.4, -0.2) is 24.5 Å². The van der Waals surface area contributed by atoms with Crippen LogP contribution in [0.1, 0.15) is 41.8 Å². The number of hydrogen-bond donors (Lipinski definition) is 1. The van der Waals surface area contributed by atoms with Gasteiger partial charge in [-0.2, -0.15) is 0 Å². The lowest BCUT2D eigenvalue weighted by Gasteiger charge is -2.12. The van der Waals surface area contributed by atoms with Crippen LogP contribution in [-0.2, 0) is 12.8 Å². The van der Waals surface area contributed by atoms with E-state index in [9.17, 15) is 4.79 Å². The van der Waals surface area contributed by atoms with Crippen LogP contribution in [0.2, 0.25) is 0 Å². The highest BCUT2D eigenvalue weighted by Gasteiger charge is 2.33. The molecule has 3 rings (SSSR count). The summed E-state index contributed by atoms with van der Waals surface area (Å²) in [5.74, 6) is 1.69. The van der Waals surface area contributed by atoms with Crippen LogP contribution in [0, 0.1) is 0 Å². The average Bonchev–Trinajstić information content (AvgIpc) is 2.86. The first kappa shape index (κ1) is 12.5. The third-order valence-electron chi connectivity index (χ3n) is 3.72. The lowest BCUT2D eigenvalue weighted by molar-refractivity contribution is 0.0980. The largest absolute Gasteiger partial charge is 0.490 e. The minimum Gasteiger partial charge on any atom is -0.490 e. The molecular formula is C15H19NO3. The average molecular weight is 261 g/mol. The van der Waals surface area contributed by atoms with E-state index in [1.807, 2.05) is 19.9 Å². The summed E-state index contributed by atoms with van der Waals surface area (Å²) in [5, 5.41) is 0. The fraction of sp³-hybridized carbons (Fsp3) is 0.533. The monoisotopic (exact) mass is 261 g/mol. The third kappa shape index (κ3) is 2.00. The molecule has 0 fully saturated rings. The van der Waals surface area contributed by atoms with Gasteiger partial charge in [-0.05, 0) is 26.5 Å². The number of carbonyl (C=O) groups excluding carboxylic acids is 1. The molecule has 0 aliphatic carbocycles. The summed E-state index contributed by atoms with van der Waals surface area (Å²) in [4.78, 5) is 12.4. The Morgan fingerprint density at radius 1 is 1.32 bits per heavy atom. The van der Waals surface area contributed by atoms with Crippen molar-refractivity contribution in [3.63, 3.8) is 0 Å². The van der Waals surface area contributed by atoms with Crippen molar-refractivity contribution in [2.45, 2.75) is 45.3 Å². The molecule has 2 aliphatic rings. The number of ketones is 1. The summed E-state index contributed by atoms with van der Waals surface area (Å²) in [7, 11) is 0. The van der Waals surface area contributed by atoms with Gasteiger partial charge in [0.05, 0.1) is 5.56 Å². The molecule has 1 aromatic carbocycles. The Hall–Kier alpha value is -1.55.